The molecule has 0 aliphatic carbocycles. The third-order valence-electron chi connectivity index (χ3n) is 5.72. The predicted molar refractivity (Wildman–Crippen MR) is 121 cm³/mol. The molecule has 0 rings (SSSR count). The van der Waals surface area contributed by atoms with E-state index in [4.69, 9.17) is 9.84 Å². The Morgan fingerprint density at radius 3 is 1.28 bits per heavy atom. The summed E-state index contributed by atoms with van der Waals surface area (Å²) in [6, 6.07) is 0. The molecule has 0 aromatic rings. The predicted octanol–water partition coefficient (Wildman–Crippen LogP) is 7.68. The van der Waals surface area contributed by atoms with E-state index >= 15 is 0 Å². The van der Waals surface area contributed by atoms with Gasteiger partial charge in [-0.15, -0.1) is 0 Å². The monoisotopic (exact) mass is 412 g/mol. The average molecular weight is 413 g/mol. The van der Waals surface area contributed by atoms with E-state index in [0.29, 0.717) is 6.42 Å². The molecule has 1 N–H and O–H groups in total. The smallest absolute Gasteiger partial charge is 0.320 e. The van der Waals surface area contributed by atoms with Gasteiger partial charge in [-0.05, 0) is 13.3 Å². The minimum absolute atomic E-state index is 0.238. The molecule has 29 heavy (non-hydrogen) atoms. The number of unbranched alkanes of at least 4 members (excludes halogenated alkanes) is 17. The van der Waals surface area contributed by atoms with E-state index in [0.717, 1.165) is 19.3 Å². The molecule has 172 valence electrons. The summed E-state index contributed by atoms with van der Waals surface area (Å²) in [5, 5.41) is 9.11. The third-order valence-corrected chi connectivity index (χ3v) is 5.72. The maximum Gasteiger partial charge on any atom is 0.320 e. The Hall–Kier alpha value is -1.06. The summed E-state index contributed by atoms with van der Waals surface area (Å²) in [5.41, 5.74) is 0. The minimum atomic E-state index is -1.06. The van der Waals surface area contributed by atoms with Gasteiger partial charge in [-0.3, -0.25) is 9.59 Å². The second-order valence-electron chi connectivity index (χ2n) is 8.44. The molecule has 0 heterocycles. The highest BCUT2D eigenvalue weighted by atomic mass is 16.5. The fourth-order valence-corrected chi connectivity index (χ4v) is 3.84. The molecular formula is C25H48O4. The van der Waals surface area contributed by atoms with Crippen LogP contribution < -0.4 is 0 Å². The zero-order valence-electron chi connectivity index (χ0n) is 19.4. The number of hydrogen-bond donors (Lipinski definition) is 1. The molecular weight excluding hydrogens is 364 g/mol. The highest BCUT2D eigenvalue weighted by Gasteiger charge is 2.26. The van der Waals surface area contributed by atoms with Crippen molar-refractivity contribution in [1.82, 2.24) is 0 Å². The normalized spacial score (nSPS) is 12.1. The van der Waals surface area contributed by atoms with Crippen molar-refractivity contribution in [1.29, 1.82) is 0 Å². The van der Waals surface area contributed by atoms with Crippen LogP contribution in [0, 0.1) is 5.92 Å². The second-order valence-corrected chi connectivity index (χ2v) is 8.44. The van der Waals surface area contributed by atoms with Crippen molar-refractivity contribution in [2.24, 2.45) is 5.92 Å². The lowest BCUT2D eigenvalue weighted by molar-refractivity contribution is -0.158. The van der Waals surface area contributed by atoms with Crippen molar-refractivity contribution in [3.63, 3.8) is 0 Å². The van der Waals surface area contributed by atoms with Crippen LogP contribution in [0.1, 0.15) is 136 Å². The van der Waals surface area contributed by atoms with Crippen LogP contribution in [0.5, 0.6) is 0 Å². The van der Waals surface area contributed by atoms with Crippen molar-refractivity contribution in [2.75, 3.05) is 6.61 Å². The molecule has 4 heteroatoms. The fourth-order valence-electron chi connectivity index (χ4n) is 3.84. The Kier molecular flexibility index (Phi) is 20.9. The van der Waals surface area contributed by atoms with E-state index in [9.17, 15) is 9.59 Å². The highest BCUT2D eigenvalue weighted by Crippen LogP contribution is 2.16. The van der Waals surface area contributed by atoms with Crippen molar-refractivity contribution < 1.29 is 19.4 Å². The summed E-state index contributed by atoms with van der Waals surface area (Å²) in [4.78, 5) is 22.7. The topological polar surface area (TPSA) is 63.6 Å². The van der Waals surface area contributed by atoms with Crippen LogP contribution in [0.4, 0.5) is 0 Å². The van der Waals surface area contributed by atoms with Crippen molar-refractivity contribution in [3.05, 3.63) is 0 Å². The first kappa shape index (κ1) is 27.9. The molecule has 0 saturated carbocycles. The summed E-state index contributed by atoms with van der Waals surface area (Å²) >= 11 is 0. The van der Waals surface area contributed by atoms with Gasteiger partial charge in [0.25, 0.3) is 0 Å². The average Bonchev–Trinajstić information content (AvgIpc) is 2.69. The van der Waals surface area contributed by atoms with Crippen LogP contribution >= 0.6 is 0 Å². The van der Waals surface area contributed by atoms with Crippen molar-refractivity contribution >= 4 is 11.9 Å². The number of carboxylic acid groups (broad SMARTS) is 1. The number of aliphatic carboxylic acids is 1. The molecule has 0 aromatic heterocycles. The van der Waals surface area contributed by atoms with Gasteiger partial charge in [0.15, 0.2) is 5.92 Å². The lowest BCUT2D eigenvalue weighted by atomic mass is 10.00. The Balaban J connectivity index is 3.31. The van der Waals surface area contributed by atoms with Crippen LogP contribution in [0.15, 0.2) is 0 Å². The Morgan fingerprint density at radius 2 is 0.966 bits per heavy atom. The van der Waals surface area contributed by atoms with Gasteiger partial charge in [0.1, 0.15) is 0 Å². The number of carboxylic acids is 1. The van der Waals surface area contributed by atoms with E-state index < -0.39 is 17.9 Å². The molecule has 4 nitrogen and oxygen atoms in total. The standard InChI is InChI=1S/C25H48O4/c1-3-5-6-7-8-9-10-11-12-13-14-15-16-17-18-19-20-21-22-23(24(26)27)25(28)29-4-2/h23H,3-22H2,1-2H3,(H,26,27). The van der Waals surface area contributed by atoms with Crippen LogP contribution in [-0.4, -0.2) is 23.7 Å². The number of rotatable bonds is 22. The molecule has 0 fully saturated rings. The van der Waals surface area contributed by atoms with Crippen LogP contribution in [0.2, 0.25) is 0 Å². The first-order valence-corrected chi connectivity index (χ1v) is 12.5. The SMILES string of the molecule is CCCCCCCCCCCCCCCCCCCCC(C(=O)O)C(=O)OCC. The van der Waals surface area contributed by atoms with Gasteiger partial charge in [-0.25, -0.2) is 0 Å². The molecule has 0 aliphatic rings. The van der Waals surface area contributed by atoms with Crippen molar-refractivity contribution in [3.8, 4) is 0 Å². The molecule has 0 bridgehead atoms. The Labute approximate surface area is 180 Å². The largest absolute Gasteiger partial charge is 0.481 e. The third kappa shape index (κ3) is 18.7. The zero-order chi connectivity index (χ0) is 21.6. The lowest BCUT2D eigenvalue weighted by Crippen LogP contribution is -2.25. The van der Waals surface area contributed by atoms with Crippen LogP contribution in [0.3, 0.4) is 0 Å². The van der Waals surface area contributed by atoms with E-state index in [-0.39, 0.29) is 6.61 Å². The Bertz CT molecular complexity index is 381. The first-order valence-electron chi connectivity index (χ1n) is 12.5. The molecule has 0 spiro atoms. The summed E-state index contributed by atoms with van der Waals surface area (Å²) in [7, 11) is 0. The summed E-state index contributed by atoms with van der Waals surface area (Å²) in [6.07, 6.45) is 23.9. The van der Waals surface area contributed by atoms with Gasteiger partial charge in [0.2, 0.25) is 0 Å². The Morgan fingerprint density at radius 1 is 0.621 bits per heavy atom. The van der Waals surface area contributed by atoms with Gasteiger partial charge < -0.3 is 9.84 Å². The van der Waals surface area contributed by atoms with E-state index in [1.807, 2.05) is 0 Å². The van der Waals surface area contributed by atoms with E-state index in [1.54, 1.807) is 6.92 Å². The van der Waals surface area contributed by atoms with Gasteiger partial charge in [0.05, 0.1) is 6.61 Å². The van der Waals surface area contributed by atoms with Crippen LogP contribution in [0.25, 0.3) is 0 Å². The molecule has 0 saturated heterocycles. The molecule has 0 radical (unpaired) electrons. The number of hydrogen-bond acceptors (Lipinski definition) is 3. The first-order chi connectivity index (χ1) is 14.1. The minimum Gasteiger partial charge on any atom is -0.481 e. The number of carbonyl (C=O) groups is 2. The molecule has 0 aromatic carbocycles. The highest BCUT2D eigenvalue weighted by molar-refractivity contribution is 5.93. The lowest BCUT2D eigenvalue weighted by Gasteiger charge is -2.10. The van der Waals surface area contributed by atoms with Gasteiger partial charge >= 0.3 is 11.9 Å². The van der Waals surface area contributed by atoms with E-state index in [1.165, 1.54) is 96.3 Å². The second kappa shape index (κ2) is 21.6. The quantitative estimate of drug-likeness (QED) is 0.112. The van der Waals surface area contributed by atoms with Crippen LogP contribution in [-0.2, 0) is 14.3 Å². The molecule has 0 aliphatic heterocycles. The molecule has 1 atom stereocenters. The fraction of sp³-hybridized carbons (Fsp3) is 0.920. The van der Waals surface area contributed by atoms with E-state index in [2.05, 4.69) is 6.92 Å². The van der Waals surface area contributed by atoms with Gasteiger partial charge in [0, 0.05) is 0 Å². The van der Waals surface area contributed by atoms with Gasteiger partial charge in [-0.1, -0.05) is 122 Å². The number of ether oxygens (including phenoxy) is 1. The summed E-state index contributed by atoms with van der Waals surface area (Å²) in [5.74, 6) is -2.64. The maximum absolute atomic E-state index is 11.6. The molecule has 0 amide bonds. The number of esters is 1. The number of carbonyl (C=O) groups excluding carboxylic acids is 1. The molecule has 1 unspecified atom stereocenters. The summed E-state index contributed by atoms with van der Waals surface area (Å²) in [6.45, 7) is 4.21. The van der Waals surface area contributed by atoms with Crippen molar-refractivity contribution in [2.45, 2.75) is 136 Å². The zero-order valence-corrected chi connectivity index (χ0v) is 19.4. The van der Waals surface area contributed by atoms with Gasteiger partial charge in [-0.2, -0.15) is 0 Å². The summed E-state index contributed by atoms with van der Waals surface area (Å²) < 4.78 is 4.83. The maximum atomic E-state index is 11.6.